The van der Waals surface area contributed by atoms with Gasteiger partial charge in [0, 0.05) is 0 Å². The Morgan fingerprint density at radius 3 is 1.53 bits per heavy atom. The van der Waals surface area contributed by atoms with Crippen molar-refractivity contribution in [3.63, 3.8) is 0 Å². The van der Waals surface area contributed by atoms with E-state index in [4.69, 9.17) is 42.6 Å². The van der Waals surface area contributed by atoms with Crippen molar-refractivity contribution in [1.82, 2.24) is 0 Å². The molecule has 6 saturated heterocycles. The summed E-state index contributed by atoms with van der Waals surface area (Å²) in [5, 5.41) is 83.3. The van der Waals surface area contributed by atoms with E-state index in [0.29, 0.717) is 0 Å². The Hall–Kier alpha value is -0.940. The minimum absolute atomic E-state index is 0.150. The van der Waals surface area contributed by atoms with Gasteiger partial charge in [-0.25, -0.2) is 16.8 Å². The van der Waals surface area contributed by atoms with Crippen molar-refractivity contribution in [3.05, 3.63) is 0 Å². The Morgan fingerprint density at radius 2 is 0.980 bits per heavy atom. The minimum atomic E-state index is -5.57. The molecule has 0 spiro atoms. The zero-order valence-corrected chi connectivity index (χ0v) is 27.3. The molecule has 4 bridgehead atoms. The van der Waals surface area contributed by atoms with Gasteiger partial charge in [0.1, 0.15) is 97.7 Å². The largest absolute Gasteiger partial charge is 0.726 e. The Bertz CT molecular complexity index is 1420. The van der Waals surface area contributed by atoms with E-state index in [1.807, 2.05) is 0 Å². The third-order valence-corrected chi connectivity index (χ3v) is 10.0. The van der Waals surface area contributed by atoms with Crippen LogP contribution < -0.4 is 0 Å². The third-order valence-electron chi connectivity index (χ3n) is 9.10. The van der Waals surface area contributed by atoms with Crippen LogP contribution in [-0.2, 0) is 71.8 Å². The van der Waals surface area contributed by atoms with Crippen LogP contribution in [0.5, 0.6) is 0 Å². The zero-order valence-electron chi connectivity index (χ0n) is 25.7. The molecule has 6 aliphatic heterocycles. The van der Waals surface area contributed by atoms with E-state index in [9.17, 15) is 66.8 Å². The lowest BCUT2D eigenvalue weighted by Gasteiger charge is -2.48. The summed E-state index contributed by atoms with van der Waals surface area (Å²) in [7, 11) is -11.0. The molecule has 6 aliphatic rings. The maximum absolute atomic E-state index is 11.7. The van der Waals surface area contributed by atoms with Crippen molar-refractivity contribution in [3.8, 4) is 0 Å². The summed E-state index contributed by atoms with van der Waals surface area (Å²) in [6.45, 7) is -2.51. The number of aliphatic hydroxyl groups excluding tert-OH is 8. The molecule has 0 aromatic carbocycles. The molecule has 0 aliphatic carbocycles. The second-order valence-electron chi connectivity index (χ2n) is 12.3. The molecule has 6 heterocycles. The summed E-state index contributed by atoms with van der Waals surface area (Å²) in [5.74, 6) is 0. The van der Waals surface area contributed by atoms with Gasteiger partial charge in [-0.3, -0.25) is 8.37 Å². The fourth-order valence-corrected chi connectivity index (χ4v) is 7.77. The quantitative estimate of drug-likeness (QED) is 0.0672. The standard InChI is InChI=1S/C24H38O25S2/c25-1-5-14(48-50(33,34)35)9(27)10(28)22(42-5)45-16-8-4-40-19(16)12(30)23(44-8)47-20-13(31)24(43-6(2-26)17(20)49-51(36,37)38)46-15-7-3-39-18(15)11(29)21(32)41-7/h5-32H,1-4H2,(H,33,34,35)(H,36,37,38)/p-2. The molecule has 20 atom stereocenters. The first-order chi connectivity index (χ1) is 23.9. The average Bonchev–Trinajstić information content (AvgIpc) is 3.54. The number of aliphatic hydroxyl groups is 8. The molecule has 0 aromatic rings. The van der Waals surface area contributed by atoms with Gasteiger partial charge in [0.05, 0.1) is 26.4 Å². The van der Waals surface area contributed by atoms with E-state index in [1.165, 1.54) is 0 Å². The molecule has 25 nitrogen and oxygen atoms in total. The lowest BCUT2D eigenvalue weighted by Crippen LogP contribution is -2.66. The van der Waals surface area contributed by atoms with E-state index in [1.54, 1.807) is 0 Å². The summed E-state index contributed by atoms with van der Waals surface area (Å²) in [6.07, 6.45) is -33.7. The minimum Gasteiger partial charge on any atom is -0.726 e. The van der Waals surface area contributed by atoms with Crippen molar-refractivity contribution < 1.29 is 118 Å². The molecule has 0 saturated carbocycles. The van der Waals surface area contributed by atoms with Gasteiger partial charge in [0.15, 0.2) is 25.2 Å². The maximum Gasteiger partial charge on any atom is 0.218 e. The fraction of sp³-hybridized carbons (Fsp3) is 1.00. The van der Waals surface area contributed by atoms with Crippen LogP contribution in [0.15, 0.2) is 0 Å². The van der Waals surface area contributed by atoms with Crippen LogP contribution >= 0.6 is 0 Å². The van der Waals surface area contributed by atoms with Crippen molar-refractivity contribution in [1.29, 1.82) is 0 Å². The van der Waals surface area contributed by atoms with Crippen LogP contribution in [0.25, 0.3) is 0 Å². The van der Waals surface area contributed by atoms with Crippen LogP contribution in [0.4, 0.5) is 0 Å². The molecular formula is C24H36O25S2-2. The normalized spacial score (nSPS) is 50.4. The maximum atomic E-state index is 11.7. The van der Waals surface area contributed by atoms with E-state index < -0.39 is 157 Å². The highest BCUT2D eigenvalue weighted by Gasteiger charge is 2.59. The van der Waals surface area contributed by atoms with E-state index in [-0.39, 0.29) is 13.2 Å². The Morgan fingerprint density at radius 1 is 0.529 bits per heavy atom. The van der Waals surface area contributed by atoms with Gasteiger partial charge in [-0.1, -0.05) is 0 Å². The van der Waals surface area contributed by atoms with Crippen molar-refractivity contribution in [2.24, 2.45) is 0 Å². The molecular weight excluding hydrogens is 752 g/mol. The first-order valence-corrected chi connectivity index (χ1v) is 18.0. The Kier molecular flexibility index (Phi) is 11.9. The highest BCUT2D eigenvalue weighted by molar-refractivity contribution is 7.81. The van der Waals surface area contributed by atoms with Gasteiger partial charge in [-0.05, 0) is 0 Å². The monoisotopic (exact) mass is 788 g/mol. The van der Waals surface area contributed by atoms with E-state index in [2.05, 4.69) is 8.37 Å². The highest BCUT2D eigenvalue weighted by atomic mass is 32.3. The van der Waals surface area contributed by atoms with Gasteiger partial charge >= 0.3 is 0 Å². The number of hydrogen-bond acceptors (Lipinski definition) is 25. The van der Waals surface area contributed by atoms with E-state index in [0.717, 1.165) is 0 Å². The number of hydrogen-bond donors (Lipinski definition) is 8. The number of rotatable bonds is 12. The first-order valence-electron chi connectivity index (χ1n) is 15.3. The molecule has 8 N–H and O–H groups in total. The lowest BCUT2D eigenvalue weighted by atomic mass is 9.96. The topological polar surface area (TPSA) is 378 Å². The molecule has 6 rings (SSSR count). The average molecular weight is 789 g/mol. The van der Waals surface area contributed by atoms with Crippen LogP contribution in [-0.4, -0.2) is 216 Å². The second kappa shape index (κ2) is 15.3. The molecule has 27 heteroatoms. The van der Waals surface area contributed by atoms with Crippen LogP contribution in [0, 0.1) is 0 Å². The van der Waals surface area contributed by atoms with Gasteiger partial charge in [-0.15, -0.1) is 0 Å². The Balaban J connectivity index is 1.17. The first kappa shape index (κ1) is 39.7. The molecule has 51 heavy (non-hydrogen) atoms. The molecule has 296 valence electrons. The lowest BCUT2D eigenvalue weighted by molar-refractivity contribution is -0.369. The molecule has 20 unspecified atom stereocenters. The summed E-state index contributed by atoms with van der Waals surface area (Å²) in [4.78, 5) is 0. The van der Waals surface area contributed by atoms with Crippen LogP contribution in [0.3, 0.4) is 0 Å². The number of ether oxygens (including phenoxy) is 9. The van der Waals surface area contributed by atoms with Crippen LogP contribution in [0.2, 0.25) is 0 Å². The fourth-order valence-electron chi connectivity index (χ4n) is 6.75. The smallest absolute Gasteiger partial charge is 0.218 e. The van der Waals surface area contributed by atoms with Gasteiger partial charge < -0.3 is 92.6 Å². The van der Waals surface area contributed by atoms with Crippen molar-refractivity contribution in [2.45, 2.75) is 123 Å². The van der Waals surface area contributed by atoms with Crippen molar-refractivity contribution in [2.75, 3.05) is 26.4 Å². The summed E-state index contributed by atoms with van der Waals surface area (Å²) >= 11 is 0. The Labute approximate surface area is 287 Å². The SMILES string of the molecule is O=S(=O)([O-])OC1C(CO)OC(OC2C3COC2C(O)C(OC2C(O)C(OC4C5COC4C(O)C(O)O5)OC(CO)C2OS(=O)(=O)[O-])O3)C(O)C1O. The van der Waals surface area contributed by atoms with Crippen molar-refractivity contribution >= 4 is 20.8 Å². The van der Waals surface area contributed by atoms with Gasteiger partial charge in [0.2, 0.25) is 20.8 Å². The van der Waals surface area contributed by atoms with Crippen LogP contribution in [0.1, 0.15) is 0 Å². The van der Waals surface area contributed by atoms with Gasteiger partial charge in [0.25, 0.3) is 0 Å². The summed E-state index contributed by atoms with van der Waals surface area (Å²) in [5.41, 5.74) is 0. The molecule has 0 aromatic heterocycles. The predicted molar refractivity (Wildman–Crippen MR) is 144 cm³/mol. The highest BCUT2D eigenvalue weighted by Crippen LogP contribution is 2.39. The van der Waals surface area contributed by atoms with Gasteiger partial charge in [-0.2, -0.15) is 0 Å². The van der Waals surface area contributed by atoms with E-state index >= 15 is 0 Å². The second-order valence-corrected chi connectivity index (χ2v) is 14.4. The molecule has 6 fully saturated rings. The molecule has 0 amide bonds. The third kappa shape index (κ3) is 8.21. The zero-order chi connectivity index (χ0) is 37.2. The summed E-state index contributed by atoms with van der Waals surface area (Å²) in [6, 6.07) is 0. The molecule has 0 radical (unpaired) electrons. The summed E-state index contributed by atoms with van der Waals surface area (Å²) < 4.78 is 127. The number of fused-ring (bicyclic) bond motifs is 4. The predicted octanol–water partition coefficient (Wildman–Crippen LogP) is -8.69.